The van der Waals surface area contributed by atoms with Crippen LogP contribution in [0.3, 0.4) is 0 Å². The van der Waals surface area contributed by atoms with Crippen molar-refractivity contribution in [2.24, 2.45) is 0 Å². The number of amides is 3. The van der Waals surface area contributed by atoms with Crippen LogP contribution in [0.5, 0.6) is 5.75 Å². The molecule has 1 heterocycles. The van der Waals surface area contributed by atoms with Crippen LogP contribution in [0.15, 0.2) is 18.2 Å². The highest BCUT2D eigenvalue weighted by Gasteiger charge is 2.17. The summed E-state index contributed by atoms with van der Waals surface area (Å²) in [4.78, 5) is 26.7. The standard InChI is InChI=1S/C16H24N4O4/c1-23-10-5-17-16(22)18-14-11-13(3-4-15(14)24-2)20-8-6-19(12-21)7-9-20/h3-4,11-12H,5-10H2,1-2H3,(H2,17,18,22). The molecule has 3 amide bonds. The van der Waals surface area contributed by atoms with E-state index in [-0.39, 0.29) is 6.03 Å². The molecule has 2 rings (SSSR count). The molecule has 0 atom stereocenters. The van der Waals surface area contributed by atoms with Gasteiger partial charge in [-0.1, -0.05) is 0 Å². The zero-order valence-corrected chi connectivity index (χ0v) is 14.1. The smallest absolute Gasteiger partial charge is 0.319 e. The molecule has 1 aromatic rings. The average Bonchev–Trinajstić information content (AvgIpc) is 2.62. The Morgan fingerprint density at radius 2 is 2.00 bits per heavy atom. The molecule has 1 saturated heterocycles. The minimum atomic E-state index is -0.312. The number of nitrogens with zero attached hydrogens (tertiary/aromatic N) is 2. The van der Waals surface area contributed by atoms with E-state index in [9.17, 15) is 9.59 Å². The lowest BCUT2D eigenvalue weighted by Gasteiger charge is -2.34. The molecule has 24 heavy (non-hydrogen) atoms. The van der Waals surface area contributed by atoms with Gasteiger partial charge in [0.05, 0.1) is 19.4 Å². The number of benzene rings is 1. The minimum absolute atomic E-state index is 0.312. The van der Waals surface area contributed by atoms with Crippen molar-refractivity contribution < 1.29 is 19.1 Å². The van der Waals surface area contributed by atoms with E-state index in [0.29, 0.717) is 37.7 Å². The summed E-state index contributed by atoms with van der Waals surface area (Å²) in [6.07, 6.45) is 0.878. The molecule has 1 fully saturated rings. The molecule has 1 aliphatic rings. The maximum Gasteiger partial charge on any atom is 0.319 e. The zero-order chi connectivity index (χ0) is 17.4. The molecule has 0 saturated carbocycles. The molecule has 2 N–H and O–H groups in total. The van der Waals surface area contributed by atoms with E-state index in [1.807, 2.05) is 18.2 Å². The second-order valence-corrected chi connectivity index (χ2v) is 5.39. The van der Waals surface area contributed by atoms with Crippen molar-refractivity contribution in [3.8, 4) is 5.75 Å². The fraction of sp³-hybridized carbons (Fsp3) is 0.500. The molecule has 1 aliphatic heterocycles. The molecule has 0 unspecified atom stereocenters. The Bertz CT molecular complexity index is 559. The third kappa shape index (κ3) is 4.76. The SMILES string of the molecule is COCCNC(=O)Nc1cc(N2CCN(C=O)CC2)ccc1OC. The first-order valence-electron chi connectivity index (χ1n) is 7.84. The van der Waals surface area contributed by atoms with Crippen LogP contribution in [-0.2, 0) is 9.53 Å². The molecule has 0 aliphatic carbocycles. The Balaban J connectivity index is 2.04. The summed E-state index contributed by atoms with van der Waals surface area (Å²) >= 11 is 0. The molecule has 0 radical (unpaired) electrons. The summed E-state index contributed by atoms with van der Waals surface area (Å²) in [5, 5.41) is 5.50. The predicted molar refractivity (Wildman–Crippen MR) is 91.7 cm³/mol. The molecule has 0 bridgehead atoms. The van der Waals surface area contributed by atoms with E-state index in [1.54, 1.807) is 19.1 Å². The number of hydrogen-bond donors (Lipinski definition) is 2. The number of anilines is 2. The van der Waals surface area contributed by atoms with Gasteiger partial charge in [0.1, 0.15) is 5.75 Å². The second-order valence-electron chi connectivity index (χ2n) is 5.39. The lowest BCUT2D eigenvalue weighted by Crippen LogP contribution is -2.45. The zero-order valence-electron chi connectivity index (χ0n) is 14.1. The van der Waals surface area contributed by atoms with E-state index in [0.717, 1.165) is 25.2 Å². The number of urea groups is 1. The number of ether oxygens (including phenoxy) is 2. The van der Waals surface area contributed by atoms with Crippen molar-refractivity contribution in [1.82, 2.24) is 10.2 Å². The van der Waals surface area contributed by atoms with Gasteiger partial charge >= 0.3 is 6.03 Å². The van der Waals surface area contributed by atoms with Gasteiger partial charge in [-0.15, -0.1) is 0 Å². The quantitative estimate of drug-likeness (QED) is 0.567. The van der Waals surface area contributed by atoms with E-state index < -0.39 is 0 Å². The van der Waals surface area contributed by atoms with Gasteiger partial charge in [0.25, 0.3) is 0 Å². The summed E-state index contributed by atoms with van der Waals surface area (Å²) < 4.78 is 10.2. The van der Waals surface area contributed by atoms with Crippen molar-refractivity contribution in [2.45, 2.75) is 0 Å². The number of piperazine rings is 1. The summed E-state index contributed by atoms with van der Waals surface area (Å²) in [5.74, 6) is 0.590. The van der Waals surface area contributed by atoms with E-state index in [1.165, 1.54) is 0 Å². The average molecular weight is 336 g/mol. The first kappa shape index (κ1) is 17.9. The monoisotopic (exact) mass is 336 g/mol. The molecular weight excluding hydrogens is 312 g/mol. The van der Waals surface area contributed by atoms with Gasteiger partial charge in [0.2, 0.25) is 6.41 Å². The highest BCUT2D eigenvalue weighted by Crippen LogP contribution is 2.30. The number of methoxy groups -OCH3 is 2. The van der Waals surface area contributed by atoms with Crippen LogP contribution >= 0.6 is 0 Å². The Labute approximate surface area is 141 Å². The molecule has 0 spiro atoms. The fourth-order valence-electron chi connectivity index (χ4n) is 2.51. The van der Waals surface area contributed by atoms with Gasteiger partial charge in [-0.2, -0.15) is 0 Å². The Morgan fingerprint density at radius 3 is 2.62 bits per heavy atom. The van der Waals surface area contributed by atoms with Crippen LogP contribution < -0.4 is 20.3 Å². The van der Waals surface area contributed by atoms with Gasteiger partial charge in [-0.3, -0.25) is 4.79 Å². The van der Waals surface area contributed by atoms with Crippen molar-refractivity contribution in [2.75, 3.05) is 63.8 Å². The normalized spacial score (nSPS) is 14.2. The summed E-state index contributed by atoms with van der Waals surface area (Å²) in [6.45, 7) is 3.77. The maximum atomic E-state index is 11.9. The number of hydrogen-bond acceptors (Lipinski definition) is 5. The Hall–Kier alpha value is -2.48. The summed E-state index contributed by atoms with van der Waals surface area (Å²) in [7, 11) is 3.14. The van der Waals surface area contributed by atoms with Crippen molar-refractivity contribution in [3.63, 3.8) is 0 Å². The van der Waals surface area contributed by atoms with Crippen LogP contribution in [-0.4, -0.2) is 70.9 Å². The number of carbonyl (C=O) groups is 2. The first-order valence-corrected chi connectivity index (χ1v) is 7.84. The van der Waals surface area contributed by atoms with Crippen LogP contribution in [0.4, 0.5) is 16.2 Å². The number of nitrogens with one attached hydrogen (secondary N) is 2. The molecule has 8 heteroatoms. The van der Waals surface area contributed by atoms with Gasteiger partial charge in [0.15, 0.2) is 0 Å². The molecular formula is C16H24N4O4. The Morgan fingerprint density at radius 1 is 1.25 bits per heavy atom. The molecule has 132 valence electrons. The van der Waals surface area contributed by atoms with Crippen LogP contribution in [0.25, 0.3) is 0 Å². The largest absolute Gasteiger partial charge is 0.495 e. The lowest BCUT2D eigenvalue weighted by atomic mass is 10.2. The van der Waals surface area contributed by atoms with Gasteiger partial charge < -0.3 is 29.9 Å². The van der Waals surface area contributed by atoms with E-state index in [2.05, 4.69) is 15.5 Å². The maximum absolute atomic E-state index is 11.9. The molecule has 8 nitrogen and oxygen atoms in total. The van der Waals surface area contributed by atoms with E-state index >= 15 is 0 Å². The number of rotatable bonds is 7. The third-order valence-corrected chi connectivity index (χ3v) is 3.85. The van der Waals surface area contributed by atoms with Gasteiger partial charge in [-0.05, 0) is 18.2 Å². The molecule has 1 aromatic carbocycles. The lowest BCUT2D eigenvalue weighted by molar-refractivity contribution is -0.118. The summed E-state index contributed by atoms with van der Waals surface area (Å²) in [6, 6.07) is 5.34. The first-order chi connectivity index (χ1) is 11.7. The third-order valence-electron chi connectivity index (χ3n) is 3.85. The van der Waals surface area contributed by atoms with Crippen LogP contribution in [0.2, 0.25) is 0 Å². The second kappa shape index (κ2) is 8.97. The number of carbonyl (C=O) groups excluding carboxylic acids is 2. The Kier molecular flexibility index (Phi) is 6.68. The van der Waals surface area contributed by atoms with Gasteiger partial charge in [-0.25, -0.2) is 4.79 Å². The van der Waals surface area contributed by atoms with E-state index in [4.69, 9.17) is 9.47 Å². The predicted octanol–water partition coefficient (Wildman–Crippen LogP) is 0.742. The topological polar surface area (TPSA) is 83.1 Å². The van der Waals surface area contributed by atoms with Crippen molar-refractivity contribution in [1.29, 1.82) is 0 Å². The highest BCUT2D eigenvalue weighted by atomic mass is 16.5. The highest BCUT2D eigenvalue weighted by molar-refractivity contribution is 5.91. The fourth-order valence-corrected chi connectivity index (χ4v) is 2.51. The van der Waals surface area contributed by atoms with Crippen molar-refractivity contribution in [3.05, 3.63) is 18.2 Å². The minimum Gasteiger partial charge on any atom is -0.495 e. The summed E-state index contributed by atoms with van der Waals surface area (Å²) in [5.41, 5.74) is 1.58. The van der Waals surface area contributed by atoms with Crippen LogP contribution in [0, 0.1) is 0 Å². The molecule has 0 aromatic heterocycles. The van der Waals surface area contributed by atoms with Crippen LogP contribution in [0.1, 0.15) is 0 Å². The van der Waals surface area contributed by atoms with Gasteiger partial charge in [0, 0.05) is 45.5 Å². The van der Waals surface area contributed by atoms with Crippen molar-refractivity contribution >= 4 is 23.8 Å².